The van der Waals surface area contributed by atoms with Gasteiger partial charge in [0.15, 0.2) is 11.7 Å². The zero-order chi connectivity index (χ0) is 24.4. The van der Waals surface area contributed by atoms with Gasteiger partial charge in [-0.05, 0) is 64.5 Å². The largest absolute Gasteiger partial charge is 0.469 e. The Kier molecular flexibility index (Phi) is 7.13. The van der Waals surface area contributed by atoms with Crippen molar-refractivity contribution < 1.29 is 28.6 Å². The summed E-state index contributed by atoms with van der Waals surface area (Å²) in [5.74, 6) is -1.99. The monoisotopic (exact) mass is 457 g/mol. The van der Waals surface area contributed by atoms with Crippen molar-refractivity contribution in [1.82, 2.24) is 0 Å². The number of hydrogen-bond acceptors (Lipinski definition) is 7. The Bertz CT molecular complexity index is 916. The number of aliphatic imine (C=N–C) groups is 1. The van der Waals surface area contributed by atoms with Crippen LogP contribution in [0.3, 0.4) is 0 Å². The van der Waals surface area contributed by atoms with Crippen LogP contribution in [0.5, 0.6) is 0 Å². The van der Waals surface area contributed by atoms with Crippen molar-refractivity contribution in [3.05, 3.63) is 35.4 Å². The van der Waals surface area contributed by atoms with Crippen molar-refractivity contribution in [2.75, 3.05) is 20.8 Å². The summed E-state index contributed by atoms with van der Waals surface area (Å²) in [4.78, 5) is 42.3. The summed E-state index contributed by atoms with van der Waals surface area (Å²) in [5.41, 5.74) is 0.555. The molecule has 2 bridgehead atoms. The highest BCUT2D eigenvalue weighted by Gasteiger charge is 2.56. The van der Waals surface area contributed by atoms with Crippen LogP contribution < -0.4 is 0 Å². The summed E-state index contributed by atoms with van der Waals surface area (Å²) in [7, 11) is 2.97. The Morgan fingerprint density at radius 1 is 1.09 bits per heavy atom. The van der Waals surface area contributed by atoms with E-state index < -0.39 is 28.5 Å². The highest BCUT2D eigenvalue weighted by Crippen LogP contribution is 2.54. The van der Waals surface area contributed by atoms with E-state index in [2.05, 4.69) is 4.99 Å². The van der Waals surface area contributed by atoms with Gasteiger partial charge in [0, 0.05) is 12.8 Å². The summed E-state index contributed by atoms with van der Waals surface area (Å²) >= 11 is 0. The molecular weight excluding hydrogens is 422 g/mol. The van der Waals surface area contributed by atoms with E-state index in [0.717, 1.165) is 11.1 Å². The number of rotatable bonds is 7. The van der Waals surface area contributed by atoms with Crippen molar-refractivity contribution in [3.63, 3.8) is 0 Å². The molecule has 0 aromatic heterocycles. The molecule has 1 aromatic rings. The lowest BCUT2D eigenvalue weighted by atomic mass is 9.60. The Morgan fingerprint density at radius 2 is 1.70 bits per heavy atom. The smallest absolute Gasteiger partial charge is 0.322 e. The first-order valence-electron chi connectivity index (χ1n) is 11.5. The zero-order valence-electron chi connectivity index (χ0n) is 20.5. The first-order chi connectivity index (χ1) is 15.5. The first kappa shape index (κ1) is 25.1. The number of ether oxygens (including phenoxy) is 3. The summed E-state index contributed by atoms with van der Waals surface area (Å²) in [6.45, 7) is 7.34. The van der Waals surface area contributed by atoms with E-state index in [1.54, 1.807) is 34.7 Å². The molecule has 7 nitrogen and oxygen atoms in total. The fourth-order valence-electron chi connectivity index (χ4n) is 4.82. The van der Waals surface area contributed by atoms with Gasteiger partial charge in [-0.2, -0.15) is 0 Å². The highest BCUT2D eigenvalue weighted by molar-refractivity contribution is 6.20. The van der Waals surface area contributed by atoms with Crippen LogP contribution in [0.4, 0.5) is 0 Å². The molecule has 33 heavy (non-hydrogen) atoms. The molecule has 1 unspecified atom stereocenters. The number of methoxy groups -OCH3 is 1. The predicted molar refractivity (Wildman–Crippen MR) is 124 cm³/mol. The van der Waals surface area contributed by atoms with Gasteiger partial charge in [0.05, 0.1) is 31.2 Å². The fourth-order valence-corrected chi connectivity index (χ4v) is 4.82. The maximum absolute atomic E-state index is 13.7. The van der Waals surface area contributed by atoms with E-state index in [4.69, 9.17) is 14.2 Å². The Hall–Kier alpha value is -2.54. The number of Topliss-reactive ketones (excluding diaryl/α,β-unsaturated/α-hetero) is 1. The molecule has 0 radical (unpaired) electrons. The van der Waals surface area contributed by atoms with Crippen LogP contribution in [-0.2, 0) is 40.6 Å². The van der Waals surface area contributed by atoms with Gasteiger partial charge in [0.1, 0.15) is 5.60 Å². The fraction of sp³-hybridized carbons (Fsp3) is 0.615. The van der Waals surface area contributed by atoms with Crippen LogP contribution >= 0.6 is 0 Å². The number of fused-ring (bicyclic) bond motifs is 3. The maximum Gasteiger partial charge on any atom is 0.322 e. The van der Waals surface area contributed by atoms with Crippen LogP contribution in [0, 0.1) is 11.3 Å². The molecule has 7 heteroatoms. The van der Waals surface area contributed by atoms with Gasteiger partial charge < -0.3 is 14.2 Å². The normalized spacial score (nSPS) is 25.9. The van der Waals surface area contributed by atoms with Gasteiger partial charge in [-0.15, -0.1) is 0 Å². The molecule has 2 aliphatic heterocycles. The molecule has 0 amide bonds. The van der Waals surface area contributed by atoms with E-state index in [-0.39, 0.29) is 24.8 Å². The lowest BCUT2D eigenvalue weighted by Gasteiger charge is -2.53. The summed E-state index contributed by atoms with van der Waals surface area (Å²) < 4.78 is 16.6. The van der Waals surface area contributed by atoms with Crippen LogP contribution in [0.2, 0.25) is 0 Å². The second-order valence-corrected chi connectivity index (χ2v) is 10.2. The number of esters is 2. The number of hydrogen-bond donors (Lipinski definition) is 0. The van der Waals surface area contributed by atoms with Crippen LogP contribution in [0.1, 0.15) is 64.5 Å². The molecule has 1 aliphatic carbocycles. The van der Waals surface area contributed by atoms with Crippen molar-refractivity contribution in [1.29, 1.82) is 0 Å². The van der Waals surface area contributed by atoms with E-state index in [0.29, 0.717) is 31.4 Å². The summed E-state index contributed by atoms with van der Waals surface area (Å²) in [6, 6.07) is 7.84. The van der Waals surface area contributed by atoms with E-state index in [1.165, 1.54) is 7.11 Å². The van der Waals surface area contributed by atoms with E-state index in [1.807, 2.05) is 24.3 Å². The highest BCUT2D eigenvalue weighted by atomic mass is 16.6. The SMILES string of the molecule is C/N=C(\C)C(C(=O)OC(C)(C)C)C(=O)C12CCC(c3ccc(CC(=O)OC)cc3)(CC1)OC2. The maximum atomic E-state index is 13.7. The Balaban J connectivity index is 1.77. The molecule has 180 valence electrons. The molecular formula is C26H35NO6. The quantitative estimate of drug-likeness (QED) is 0.351. The molecule has 1 aromatic carbocycles. The van der Waals surface area contributed by atoms with Crippen LogP contribution in [0.15, 0.2) is 29.3 Å². The second kappa shape index (κ2) is 9.37. The minimum atomic E-state index is -1.01. The molecule has 0 N–H and O–H groups in total. The number of carbonyl (C=O) groups excluding carboxylic acids is 3. The van der Waals surface area contributed by atoms with Crippen molar-refractivity contribution >= 4 is 23.4 Å². The first-order valence-corrected chi connectivity index (χ1v) is 11.5. The molecule has 1 atom stereocenters. The van der Waals surface area contributed by atoms with E-state index in [9.17, 15) is 14.4 Å². The third-order valence-electron chi connectivity index (χ3n) is 6.89. The van der Waals surface area contributed by atoms with Crippen molar-refractivity contribution in [2.45, 2.75) is 71.0 Å². The molecule has 1 saturated carbocycles. The third-order valence-corrected chi connectivity index (χ3v) is 6.89. The molecule has 2 saturated heterocycles. The van der Waals surface area contributed by atoms with Crippen LogP contribution in [0.25, 0.3) is 0 Å². The summed E-state index contributed by atoms with van der Waals surface area (Å²) in [5, 5.41) is 0. The number of ketones is 1. The van der Waals surface area contributed by atoms with Gasteiger partial charge in [0.2, 0.25) is 0 Å². The molecule has 0 spiro atoms. The number of nitrogens with zero attached hydrogens (tertiary/aromatic N) is 1. The molecule has 4 rings (SSSR count). The van der Waals surface area contributed by atoms with Gasteiger partial charge in [-0.3, -0.25) is 19.4 Å². The minimum absolute atomic E-state index is 0.151. The third kappa shape index (κ3) is 5.18. The van der Waals surface area contributed by atoms with Gasteiger partial charge >= 0.3 is 11.9 Å². The van der Waals surface area contributed by atoms with Gasteiger partial charge in [0.25, 0.3) is 0 Å². The second-order valence-electron chi connectivity index (χ2n) is 10.2. The lowest BCUT2D eigenvalue weighted by Crippen LogP contribution is -2.56. The lowest BCUT2D eigenvalue weighted by molar-refractivity contribution is -0.196. The zero-order valence-corrected chi connectivity index (χ0v) is 20.5. The average Bonchev–Trinajstić information content (AvgIpc) is 2.79. The standard InChI is InChI=1S/C26H35NO6/c1-17(27-5)21(23(30)33-24(2,3)4)22(29)25-11-13-26(14-12-25,32-16-25)19-9-7-18(8-10-19)15-20(28)31-6/h7-10,21H,11-16H2,1-6H3/b27-17+. The molecule has 3 aliphatic rings. The van der Waals surface area contributed by atoms with Gasteiger partial charge in [-0.25, -0.2) is 0 Å². The Labute approximate surface area is 195 Å². The van der Waals surface area contributed by atoms with Crippen molar-refractivity contribution in [2.24, 2.45) is 16.3 Å². The number of benzene rings is 1. The molecule has 3 fully saturated rings. The summed E-state index contributed by atoms with van der Waals surface area (Å²) in [6.07, 6.45) is 2.90. The topological polar surface area (TPSA) is 91.3 Å². The average molecular weight is 458 g/mol. The Morgan fingerprint density at radius 3 is 2.15 bits per heavy atom. The van der Waals surface area contributed by atoms with Crippen LogP contribution in [-0.4, -0.2) is 49.8 Å². The minimum Gasteiger partial charge on any atom is -0.469 e. The van der Waals surface area contributed by atoms with E-state index >= 15 is 0 Å². The number of carbonyl (C=O) groups is 3. The van der Waals surface area contributed by atoms with Crippen molar-refractivity contribution in [3.8, 4) is 0 Å². The predicted octanol–water partition coefficient (Wildman–Crippen LogP) is 3.81. The molecule has 2 heterocycles. The van der Waals surface area contributed by atoms with Gasteiger partial charge in [-0.1, -0.05) is 24.3 Å².